The van der Waals surface area contributed by atoms with E-state index < -0.39 is 0 Å². The number of nitrogens with one attached hydrogen (secondary N) is 1. The van der Waals surface area contributed by atoms with Gasteiger partial charge in [0.1, 0.15) is 0 Å². The monoisotopic (exact) mass is 249 g/mol. The lowest BCUT2D eigenvalue weighted by atomic mass is 10.3. The molecule has 4 heteroatoms. The van der Waals surface area contributed by atoms with Gasteiger partial charge in [0.15, 0.2) is 5.82 Å². The van der Waals surface area contributed by atoms with E-state index in [0.717, 1.165) is 9.49 Å². The Labute approximate surface area is 72.5 Å². The summed E-state index contributed by atoms with van der Waals surface area (Å²) in [5, 5.41) is 6.88. The van der Waals surface area contributed by atoms with Crippen molar-refractivity contribution in [3.63, 3.8) is 0 Å². The van der Waals surface area contributed by atoms with Gasteiger partial charge in [-0.15, -0.1) is 0 Å². The fraction of sp³-hybridized carbons (Fsp3) is 0.500. The SMILES string of the molecule is Nc1n[nH]c(C2CC2)c1I. The fourth-order valence-corrected chi connectivity index (χ4v) is 1.68. The van der Waals surface area contributed by atoms with E-state index >= 15 is 0 Å². The van der Waals surface area contributed by atoms with Gasteiger partial charge in [0.25, 0.3) is 0 Å². The lowest BCUT2D eigenvalue weighted by molar-refractivity contribution is 0.963. The van der Waals surface area contributed by atoms with Gasteiger partial charge < -0.3 is 5.73 Å². The van der Waals surface area contributed by atoms with Gasteiger partial charge in [0, 0.05) is 5.92 Å². The first-order valence-corrected chi connectivity index (χ1v) is 4.36. The summed E-state index contributed by atoms with van der Waals surface area (Å²) in [6.45, 7) is 0. The van der Waals surface area contributed by atoms with Crippen LogP contribution in [-0.2, 0) is 0 Å². The Morgan fingerprint density at radius 1 is 1.60 bits per heavy atom. The summed E-state index contributed by atoms with van der Waals surface area (Å²) in [4.78, 5) is 0. The first-order valence-electron chi connectivity index (χ1n) is 3.28. The Morgan fingerprint density at radius 2 is 2.30 bits per heavy atom. The van der Waals surface area contributed by atoms with Crippen LogP contribution in [0.15, 0.2) is 0 Å². The molecule has 0 bridgehead atoms. The normalized spacial score (nSPS) is 17.7. The largest absolute Gasteiger partial charge is 0.381 e. The summed E-state index contributed by atoms with van der Waals surface area (Å²) >= 11 is 2.24. The molecule has 1 aliphatic carbocycles. The molecule has 1 saturated carbocycles. The molecule has 0 aromatic carbocycles. The summed E-state index contributed by atoms with van der Waals surface area (Å²) in [7, 11) is 0. The van der Waals surface area contributed by atoms with Crippen LogP contribution in [0.3, 0.4) is 0 Å². The van der Waals surface area contributed by atoms with E-state index in [1.807, 2.05) is 0 Å². The molecule has 1 aromatic heterocycles. The van der Waals surface area contributed by atoms with E-state index in [0.29, 0.717) is 5.82 Å². The molecule has 0 radical (unpaired) electrons. The summed E-state index contributed by atoms with van der Waals surface area (Å²) in [6, 6.07) is 0. The average molecular weight is 249 g/mol. The number of nitrogen functional groups attached to an aromatic ring is 1. The molecule has 2 rings (SSSR count). The van der Waals surface area contributed by atoms with Gasteiger partial charge in [-0.05, 0) is 35.4 Å². The minimum absolute atomic E-state index is 0.641. The van der Waals surface area contributed by atoms with E-state index in [9.17, 15) is 0 Å². The molecular weight excluding hydrogens is 241 g/mol. The number of aromatic nitrogens is 2. The highest BCUT2D eigenvalue weighted by Crippen LogP contribution is 2.41. The highest BCUT2D eigenvalue weighted by Gasteiger charge is 2.28. The maximum atomic E-state index is 5.56. The molecule has 3 N–H and O–H groups in total. The zero-order valence-corrected chi connectivity index (χ0v) is 7.55. The lowest BCUT2D eigenvalue weighted by Gasteiger charge is -1.89. The number of aromatic amines is 1. The van der Waals surface area contributed by atoms with Crippen LogP contribution in [0.1, 0.15) is 24.5 Å². The Morgan fingerprint density at radius 3 is 2.70 bits per heavy atom. The Balaban J connectivity index is 2.40. The van der Waals surface area contributed by atoms with Crippen LogP contribution < -0.4 is 5.73 Å². The molecule has 54 valence electrons. The van der Waals surface area contributed by atoms with Gasteiger partial charge >= 0.3 is 0 Å². The van der Waals surface area contributed by atoms with E-state index in [2.05, 4.69) is 32.8 Å². The van der Waals surface area contributed by atoms with Crippen LogP contribution >= 0.6 is 22.6 Å². The number of H-pyrrole nitrogens is 1. The first-order chi connectivity index (χ1) is 4.79. The molecule has 0 saturated heterocycles. The molecule has 0 atom stereocenters. The zero-order chi connectivity index (χ0) is 7.14. The number of nitrogens with two attached hydrogens (primary N) is 1. The number of nitrogens with zero attached hydrogens (tertiary/aromatic N) is 1. The lowest BCUT2D eigenvalue weighted by Crippen LogP contribution is -1.86. The second-order valence-corrected chi connectivity index (χ2v) is 3.69. The van der Waals surface area contributed by atoms with Crippen molar-refractivity contribution < 1.29 is 0 Å². The van der Waals surface area contributed by atoms with Crippen LogP contribution in [0.2, 0.25) is 0 Å². The van der Waals surface area contributed by atoms with Gasteiger partial charge in [0.2, 0.25) is 0 Å². The predicted octanol–water partition coefficient (Wildman–Crippen LogP) is 1.47. The number of halogens is 1. The van der Waals surface area contributed by atoms with Crippen molar-refractivity contribution >= 4 is 28.4 Å². The molecule has 0 aliphatic heterocycles. The molecule has 1 aromatic rings. The van der Waals surface area contributed by atoms with Crippen LogP contribution in [0.25, 0.3) is 0 Å². The molecule has 1 aliphatic rings. The summed E-state index contributed by atoms with van der Waals surface area (Å²) in [5.41, 5.74) is 6.79. The molecule has 0 amide bonds. The number of hydrogen-bond acceptors (Lipinski definition) is 2. The van der Waals surface area contributed by atoms with Crippen molar-refractivity contribution in [2.45, 2.75) is 18.8 Å². The highest BCUT2D eigenvalue weighted by molar-refractivity contribution is 14.1. The van der Waals surface area contributed by atoms with Gasteiger partial charge in [0.05, 0.1) is 9.26 Å². The standard InChI is InChI=1S/C6H8IN3/c7-4-5(3-1-2-3)9-10-6(4)8/h3H,1-2H2,(H3,8,9,10). The van der Waals surface area contributed by atoms with Gasteiger partial charge in [-0.25, -0.2) is 0 Å². The summed E-state index contributed by atoms with van der Waals surface area (Å²) in [6.07, 6.45) is 2.58. The van der Waals surface area contributed by atoms with E-state index in [1.54, 1.807) is 0 Å². The molecular formula is C6H8IN3. The maximum absolute atomic E-state index is 5.56. The molecule has 1 heterocycles. The van der Waals surface area contributed by atoms with E-state index in [-0.39, 0.29) is 0 Å². The molecule has 0 unspecified atom stereocenters. The highest BCUT2D eigenvalue weighted by atomic mass is 127. The molecule has 3 nitrogen and oxygen atoms in total. The second-order valence-electron chi connectivity index (χ2n) is 2.61. The van der Waals surface area contributed by atoms with Crippen LogP contribution in [0, 0.1) is 3.57 Å². The quantitative estimate of drug-likeness (QED) is 0.740. The van der Waals surface area contributed by atoms with E-state index in [4.69, 9.17) is 5.73 Å². The molecule has 1 fully saturated rings. The Kier molecular flexibility index (Phi) is 1.36. The average Bonchev–Trinajstić information content (AvgIpc) is 2.67. The summed E-state index contributed by atoms with van der Waals surface area (Å²) in [5.74, 6) is 1.36. The predicted molar refractivity (Wildman–Crippen MR) is 47.7 cm³/mol. The minimum Gasteiger partial charge on any atom is -0.381 e. The third kappa shape index (κ3) is 0.902. The minimum atomic E-state index is 0.641. The van der Waals surface area contributed by atoms with Gasteiger partial charge in [-0.1, -0.05) is 0 Å². The van der Waals surface area contributed by atoms with Crippen LogP contribution in [0.5, 0.6) is 0 Å². The van der Waals surface area contributed by atoms with E-state index in [1.165, 1.54) is 18.5 Å². The smallest absolute Gasteiger partial charge is 0.158 e. The van der Waals surface area contributed by atoms with Crippen molar-refractivity contribution in [2.75, 3.05) is 5.73 Å². The third-order valence-electron chi connectivity index (χ3n) is 1.74. The molecule has 0 spiro atoms. The Bertz CT molecular complexity index is 251. The van der Waals surface area contributed by atoms with Crippen LogP contribution in [-0.4, -0.2) is 10.2 Å². The maximum Gasteiger partial charge on any atom is 0.158 e. The molecule has 10 heavy (non-hydrogen) atoms. The van der Waals surface area contributed by atoms with Crippen molar-refractivity contribution in [1.82, 2.24) is 10.2 Å². The van der Waals surface area contributed by atoms with Crippen molar-refractivity contribution in [2.24, 2.45) is 0 Å². The van der Waals surface area contributed by atoms with Gasteiger partial charge in [-0.3, -0.25) is 5.10 Å². The van der Waals surface area contributed by atoms with Gasteiger partial charge in [-0.2, -0.15) is 5.10 Å². The fourth-order valence-electron chi connectivity index (χ4n) is 0.999. The number of rotatable bonds is 1. The van der Waals surface area contributed by atoms with Crippen molar-refractivity contribution in [3.05, 3.63) is 9.26 Å². The second kappa shape index (κ2) is 2.11. The zero-order valence-electron chi connectivity index (χ0n) is 5.39. The first kappa shape index (κ1) is 6.45. The summed E-state index contributed by atoms with van der Waals surface area (Å²) < 4.78 is 1.11. The number of anilines is 1. The Hall–Kier alpha value is -0.260. The van der Waals surface area contributed by atoms with Crippen molar-refractivity contribution in [1.29, 1.82) is 0 Å². The number of hydrogen-bond donors (Lipinski definition) is 2. The van der Waals surface area contributed by atoms with Crippen molar-refractivity contribution in [3.8, 4) is 0 Å². The third-order valence-corrected chi connectivity index (χ3v) is 2.88. The van der Waals surface area contributed by atoms with Crippen LogP contribution in [0.4, 0.5) is 5.82 Å². The topological polar surface area (TPSA) is 54.7 Å².